The zero-order chi connectivity index (χ0) is 18.8. The molecule has 0 aliphatic carbocycles. The van der Waals surface area contributed by atoms with E-state index < -0.39 is 6.03 Å². The number of aromatic nitrogens is 2. The van der Waals surface area contributed by atoms with Crippen LogP contribution in [0.4, 0.5) is 10.6 Å². The summed E-state index contributed by atoms with van der Waals surface area (Å²) in [6, 6.07) is 3.93. The summed E-state index contributed by atoms with van der Waals surface area (Å²) in [4.78, 5) is 22.1. The summed E-state index contributed by atoms with van der Waals surface area (Å²) in [5, 5.41) is 13.2. The molecule has 7 heteroatoms. The number of urea groups is 1. The number of nitrogens with one attached hydrogen (secondary N) is 1. The molecule has 0 unspecified atom stereocenters. The van der Waals surface area contributed by atoms with E-state index in [4.69, 9.17) is 5.73 Å². The fourth-order valence-corrected chi connectivity index (χ4v) is 4.09. The Morgan fingerprint density at radius 3 is 2.85 bits per heavy atom. The van der Waals surface area contributed by atoms with E-state index in [0.29, 0.717) is 23.8 Å². The first kappa shape index (κ1) is 17.4. The van der Waals surface area contributed by atoms with Crippen molar-refractivity contribution >= 4 is 11.8 Å². The quantitative estimate of drug-likeness (QED) is 0.852. The van der Waals surface area contributed by atoms with Crippen LogP contribution in [0.15, 0.2) is 24.7 Å². The molecule has 2 aliphatic heterocycles. The highest BCUT2D eigenvalue weighted by Gasteiger charge is 2.24. The zero-order valence-electron chi connectivity index (χ0n) is 15.1. The van der Waals surface area contributed by atoms with Crippen molar-refractivity contribution in [3.05, 3.63) is 41.3 Å². The van der Waals surface area contributed by atoms with E-state index in [1.807, 2.05) is 12.3 Å². The van der Waals surface area contributed by atoms with Crippen LogP contribution < -0.4 is 16.0 Å². The van der Waals surface area contributed by atoms with Crippen molar-refractivity contribution < 1.29 is 4.79 Å². The second-order valence-electron chi connectivity index (χ2n) is 7.09. The summed E-state index contributed by atoms with van der Waals surface area (Å²) in [5.74, 6) is 0.975. The Kier molecular flexibility index (Phi) is 4.73. The van der Waals surface area contributed by atoms with Gasteiger partial charge in [0.15, 0.2) is 0 Å². The van der Waals surface area contributed by atoms with Crippen LogP contribution in [0.3, 0.4) is 0 Å². The number of amides is 2. The summed E-state index contributed by atoms with van der Waals surface area (Å²) in [6.45, 7) is 2.51. The van der Waals surface area contributed by atoms with Gasteiger partial charge in [0.05, 0.1) is 5.56 Å². The highest BCUT2D eigenvalue weighted by atomic mass is 16.2. The van der Waals surface area contributed by atoms with Gasteiger partial charge < -0.3 is 11.1 Å². The first-order valence-corrected chi connectivity index (χ1v) is 9.34. The normalized spacial score (nSPS) is 17.2. The number of aryl methyl sites for hydroxylation is 1. The van der Waals surface area contributed by atoms with E-state index in [0.717, 1.165) is 61.0 Å². The number of pyridine rings is 2. The predicted octanol–water partition coefficient (Wildman–Crippen LogP) is 2.31. The smallest absolute Gasteiger partial charge is 0.320 e. The Labute approximate surface area is 158 Å². The number of anilines is 1. The third-order valence-electron chi connectivity index (χ3n) is 5.47. The lowest BCUT2D eigenvalue weighted by atomic mass is 9.86. The van der Waals surface area contributed by atoms with Gasteiger partial charge in [0, 0.05) is 36.3 Å². The van der Waals surface area contributed by atoms with Crippen LogP contribution in [0.2, 0.25) is 0 Å². The lowest BCUT2D eigenvalue weighted by Gasteiger charge is -2.27. The van der Waals surface area contributed by atoms with Crippen molar-refractivity contribution in [3.63, 3.8) is 0 Å². The van der Waals surface area contributed by atoms with E-state index in [-0.39, 0.29) is 0 Å². The number of carbonyl (C=O) groups is 1. The van der Waals surface area contributed by atoms with Crippen LogP contribution in [0.5, 0.6) is 0 Å². The molecule has 2 amide bonds. The Morgan fingerprint density at radius 2 is 2.11 bits per heavy atom. The molecule has 0 saturated carbocycles. The number of nitrogens with two attached hydrogens (primary N) is 1. The second kappa shape index (κ2) is 7.33. The molecular weight excluding hydrogens is 340 g/mol. The van der Waals surface area contributed by atoms with Gasteiger partial charge in [-0.25, -0.2) is 9.78 Å². The Hall–Kier alpha value is -2.98. The molecule has 0 spiro atoms. The molecule has 0 aromatic carbocycles. The molecule has 2 aromatic rings. The highest BCUT2D eigenvalue weighted by Crippen LogP contribution is 2.35. The SMILES string of the molecule is N#Cc1c(-c2cnc3c(c2)CCCN3C(N)=O)cncc1C1CCNCC1. The number of hydrogen-bond donors (Lipinski definition) is 2. The molecule has 1 saturated heterocycles. The van der Waals surface area contributed by atoms with Crippen molar-refractivity contribution in [1.82, 2.24) is 15.3 Å². The maximum Gasteiger partial charge on any atom is 0.320 e. The van der Waals surface area contributed by atoms with Crippen LogP contribution in [-0.2, 0) is 6.42 Å². The number of nitriles is 1. The number of hydrogen-bond acceptors (Lipinski definition) is 5. The molecule has 3 N–H and O–H groups in total. The number of primary amides is 1. The average Bonchev–Trinajstić information content (AvgIpc) is 2.72. The number of piperidine rings is 1. The predicted molar refractivity (Wildman–Crippen MR) is 102 cm³/mol. The molecule has 4 rings (SSSR count). The van der Waals surface area contributed by atoms with Crippen molar-refractivity contribution in [2.75, 3.05) is 24.5 Å². The van der Waals surface area contributed by atoms with E-state index in [9.17, 15) is 10.1 Å². The van der Waals surface area contributed by atoms with Gasteiger partial charge in [0.1, 0.15) is 11.9 Å². The molecule has 138 valence electrons. The van der Waals surface area contributed by atoms with E-state index in [1.165, 1.54) is 4.90 Å². The highest BCUT2D eigenvalue weighted by molar-refractivity contribution is 5.91. The van der Waals surface area contributed by atoms with Gasteiger partial charge in [-0.1, -0.05) is 0 Å². The first-order chi connectivity index (χ1) is 13.2. The molecule has 27 heavy (non-hydrogen) atoms. The minimum absolute atomic E-state index is 0.351. The number of fused-ring (bicyclic) bond motifs is 1. The molecule has 1 fully saturated rings. The zero-order valence-corrected chi connectivity index (χ0v) is 15.1. The van der Waals surface area contributed by atoms with Crippen LogP contribution in [0.25, 0.3) is 11.1 Å². The van der Waals surface area contributed by atoms with Gasteiger partial charge in [-0.15, -0.1) is 0 Å². The molecule has 2 aromatic heterocycles. The van der Waals surface area contributed by atoms with Gasteiger partial charge in [-0.2, -0.15) is 5.26 Å². The summed E-state index contributed by atoms with van der Waals surface area (Å²) in [6.07, 6.45) is 8.98. The molecule has 0 radical (unpaired) electrons. The van der Waals surface area contributed by atoms with E-state index in [1.54, 1.807) is 12.4 Å². The number of carbonyl (C=O) groups excluding carboxylic acids is 1. The van der Waals surface area contributed by atoms with Gasteiger partial charge in [-0.3, -0.25) is 9.88 Å². The average molecular weight is 362 g/mol. The summed E-state index contributed by atoms with van der Waals surface area (Å²) in [7, 11) is 0. The molecule has 4 heterocycles. The summed E-state index contributed by atoms with van der Waals surface area (Å²) >= 11 is 0. The molecule has 7 nitrogen and oxygen atoms in total. The molecule has 0 atom stereocenters. The largest absolute Gasteiger partial charge is 0.351 e. The van der Waals surface area contributed by atoms with Crippen LogP contribution in [0.1, 0.15) is 41.9 Å². The fraction of sp³-hybridized carbons (Fsp3) is 0.400. The second-order valence-corrected chi connectivity index (χ2v) is 7.09. The van der Waals surface area contributed by atoms with E-state index >= 15 is 0 Å². The van der Waals surface area contributed by atoms with Crippen molar-refractivity contribution in [3.8, 4) is 17.2 Å². The van der Waals surface area contributed by atoms with Crippen molar-refractivity contribution in [2.24, 2.45) is 5.73 Å². The third kappa shape index (κ3) is 3.24. The van der Waals surface area contributed by atoms with Crippen LogP contribution >= 0.6 is 0 Å². The fourth-order valence-electron chi connectivity index (χ4n) is 4.09. The Bertz CT molecular complexity index is 913. The van der Waals surface area contributed by atoms with Gasteiger partial charge in [0.25, 0.3) is 0 Å². The third-order valence-corrected chi connectivity index (χ3v) is 5.47. The van der Waals surface area contributed by atoms with Crippen LogP contribution in [-0.4, -0.2) is 35.6 Å². The standard InChI is InChI=1S/C20H22N6O/c21-9-16-17(13-3-5-23-6-4-13)11-24-12-18(16)15-8-14-2-1-7-26(20(22)27)19(14)25-10-15/h8,10-13,23H,1-7H2,(H2,22,27). The minimum atomic E-state index is -0.483. The molecular formula is C20H22N6O. The van der Waals surface area contributed by atoms with Gasteiger partial charge >= 0.3 is 6.03 Å². The molecule has 2 aliphatic rings. The lowest BCUT2D eigenvalue weighted by Crippen LogP contribution is -2.40. The van der Waals surface area contributed by atoms with Gasteiger partial charge in [0.2, 0.25) is 0 Å². The van der Waals surface area contributed by atoms with Gasteiger partial charge in [-0.05, 0) is 61.9 Å². The van der Waals surface area contributed by atoms with Crippen LogP contribution in [0, 0.1) is 11.3 Å². The topological polar surface area (TPSA) is 108 Å². The maximum atomic E-state index is 11.6. The first-order valence-electron chi connectivity index (χ1n) is 9.34. The van der Waals surface area contributed by atoms with Crippen molar-refractivity contribution in [1.29, 1.82) is 5.26 Å². The number of rotatable bonds is 2. The minimum Gasteiger partial charge on any atom is -0.351 e. The summed E-state index contributed by atoms with van der Waals surface area (Å²) < 4.78 is 0. The Morgan fingerprint density at radius 1 is 1.30 bits per heavy atom. The molecule has 0 bridgehead atoms. The monoisotopic (exact) mass is 362 g/mol. The van der Waals surface area contributed by atoms with E-state index in [2.05, 4.69) is 21.4 Å². The Balaban J connectivity index is 1.76. The summed E-state index contributed by atoms with van der Waals surface area (Å²) in [5.41, 5.74) is 9.82. The number of nitrogens with zero attached hydrogens (tertiary/aromatic N) is 4. The maximum absolute atomic E-state index is 11.6. The van der Waals surface area contributed by atoms with Crippen molar-refractivity contribution in [2.45, 2.75) is 31.6 Å². The lowest BCUT2D eigenvalue weighted by molar-refractivity contribution is 0.253.